The van der Waals surface area contributed by atoms with E-state index >= 15 is 0 Å². The normalized spacial score (nSPS) is 13.8. The maximum absolute atomic E-state index is 14.3. The monoisotopic (exact) mass is 728 g/mol. The Labute approximate surface area is 324 Å². The van der Waals surface area contributed by atoms with E-state index in [1.807, 2.05) is 162 Å². The van der Waals surface area contributed by atoms with Crippen LogP contribution in [0, 0.1) is 0 Å². The van der Waals surface area contributed by atoms with E-state index in [1.165, 1.54) is 4.90 Å². The average Bonchev–Trinajstić information content (AvgIpc) is 3.86. The number of urea groups is 1. The predicted octanol–water partition coefficient (Wildman–Crippen LogP) is 8.84. The number of tetrazole rings is 1. The number of aromatic nitrogens is 4. The fourth-order valence-corrected chi connectivity index (χ4v) is 8.04. The number of carbonyl (C=O) groups is 2. The molecule has 9 rings (SSSR count). The van der Waals surface area contributed by atoms with Gasteiger partial charge in [0.05, 0.1) is 6.54 Å². The fraction of sp³-hybridized carbons (Fsp3) is 0.0625. The number of amides is 3. The number of hydrogen-bond acceptors (Lipinski definition) is 5. The highest BCUT2D eigenvalue weighted by atomic mass is 16.2. The van der Waals surface area contributed by atoms with E-state index in [1.54, 1.807) is 0 Å². The maximum Gasteiger partial charge on any atom is 0.325 e. The molecule has 0 unspecified atom stereocenters. The van der Waals surface area contributed by atoms with Crippen LogP contribution >= 0.6 is 0 Å². The van der Waals surface area contributed by atoms with Crippen molar-refractivity contribution in [2.24, 2.45) is 0 Å². The number of imide groups is 1. The molecule has 3 amide bonds. The minimum Gasteiger partial charge on any atom is -0.315 e. The first-order valence-corrected chi connectivity index (χ1v) is 18.5. The largest absolute Gasteiger partial charge is 0.325 e. The number of nitrogens with one attached hydrogen (secondary N) is 1. The standard InChI is InChI=1S/C48H36N6O2/c55-45-47(37-18-6-1-7-19-37,38-20-8-2-9-21-38)49-46(56)53(45)34-35-30-32-36(33-31-35)42-28-16-17-29-43(42)44-50-51-52-54(44)48(39-22-10-3-11-23-39,40-24-12-4-13-25-40)41-26-14-5-15-27-41/h1-33H,34H2,(H,49,56). The molecule has 1 saturated heterocycles. The first kappa shape index (κ1) is 34.3. The third-order valence-electron chi connectivity index (χ3n) is 10.7. The van der Waals surface area contributed by atoms with Gasteiger partial charge in [-0.2, -0.15) is 0 Å². The van der Waals surface area contributed by atoms with Gasteiger partial charge in [-0.25, -0.2) is 9.48 Å². The highest BCUT2D eigenvalue weighted by Crippen LogP contribution is 2.43. The molecule has 1 aliphatic heterocycles. The van der Waals surface area contributed by atoms with Crippen molar-refractivity contribution < 1.29 is 9.59 Å². The van der Waals surface area contributed by atoms with Gasteiger partial charge in [0.15, 0.2) is 11.4 Å². The van der Waals surface area contributed by atoms with Crippen LogP contribution in [-0.2, 0) is 22.4 Å². The van der Waals surface area contributed by atoms with Crippen molar-refractivity contribution in [1.82, 2.24) is 30.4 Å². The van der Waals surface area contributed by atoms with Crippen LogP contribution in [0.4, 0.5) is 4.79 Å². The smallest absolute Gasteiger partial charge is 0.315 e. The van der Waals surface area contributed by atoms with Gasteiger partial charge >= 0.3 is 6.03 Å². The zero-order chi connectivity index (χ0) is 38.0. The van der Waals surface area contributed by atoms with Crippen LogP contribution < -0.4 is 5.32 Å². The van der Waals surface area contributed by atoms with Crippen molar-refractivity contribution in [2.75, 3.05) is 0 Å². The minimum absolute atomic E-state index is 0.111. The molecule has 0 atom stereocenters. The lowest BCUT2D eigenvalue weighted by molar-refractivity contribution is -0.130. The Hall–Kier alpha value is -7.45. The van der Waals surface area contributed by atoms with E-state index in [-0.39, 0.29) is 12.5 Å². The molecule has 270 valence electrons. The first-order chi connectivity index (χ1) is 27.6. The van der Waals surface area contributed by atoms with Crippen LogP contribution in [0.3, 0.4) is 0 Å². The van der Waals surface area contributed by atoms with E-state index in [0.717, 1.165) is 38.9 Å². The zero-order valence-corrected chi connectivity index (χ0v) is 30.3. The summed E-state index contributed by atoms with van der Waals surface area (Å²) in [6, 6.07) is 65.4. The van der Waals surface area contributed by atoms with Crippen molar-refractivity contribution >= 4 is 11.9 Å². The molecule has 0 saturated carbocycles. The second kappa shape index (κ2) is 14.4. The zero-order valence-electron chi connectivity index (χ0n) is 30.3. The summed E-state index contributed by atoms with van der Waals surface area (Å²) in [5, 5.41) is 16.8. The number of carbonyl (C=O) groups excluding carboxylic acids is 2. The lowest BCUT2D eigenvalue weighted by Gasteiger charge is -2.36. The van der Waals surface area contributed by atoms with Crippen LogP contribution in [0.2, 0.25) is 0 Å². The first-order valence-electron chi connectivity index (χ1n) is 18.5. The summed E-state index contributed by atoms with van der Waals surface area (Å²) >= 11 is 0. The van der Waals surface area contributed by atoms with Crippen LogP contribution in [0.15, 0.2) is 200 Å². The quantitative estimate of drug-likeness (QED) is 0.112. The molecule has 8 nitrogen and oxygen atoms in total. The molecule has 0 radical (unpaired) electrons. The van der Waals surface area contributed by atoms with Gasteiger partial charge < -0.3 is 5.32 Å². The lowest BCUT2D eigenvalue weighted by atomic mass is 9.77. The van der Waals surface area contributed by atoms with E-state index in [2.05, 4.69) is 53.0 Å². The molecule has 0 spiro atoms. The topological polar surface area (TPSA) is 93.0 Å². The van der Waals surface area contributed by atoms with E-state index in [9.17, 15) is 9.59 Å². The molecule has 1 N–H and O–H groups in total. The molecular formula is C48H36N6O2. The Bertz CT molecular complexity index is 2480. The summed E-state index contributed by atoms with van der Waals surface area (Å²) in [4.78, 5) is 29.3. The second-order valence-electron chi connectivity index (χ2n) is 13.8. The molecule has 1 fully saturated rings. The molecular weight excluding hydrogens is 693 g/mol. The number of hydrogen-bond donors (Lipinski definition) is 1. The third-order valence-corrected chi connectivity index (χ3v) is 10.7. The summed E-state index contributed by atoms with van der Waals surface area (Å²) in [7, 11) is 0. The van der Waals surface area contributed by atoms with Crippen molar-refractivity contribution in [3.63, 3.8) is 0 Å². The lowest BCUT2D eigenvalue weighted by Crippen LogP contribution is -2.45. The van der Waals surface area contributed by atoms with E-state index in [4.69, 9.17) is 10.3 Å². The van der Waals surface area contributed by atoms with Gasteiger partial charge in [-0.15, -0.1) is 5.10 Å². The summed E-state index contributed by atoms with van der Waals surface area (Å²) in [6.45, 7) is 0.111. The molecule has 8 heteroatoms. The Morgan fingerprint density at radius 1 is 0.518 bits per heavy atom. The van der Waals surface area contributed by atoms with Crippen molar-refractivity contribution in [2.45, 2.75) is 17.6 Å². The third kappa shape index (κ3) is 5.67. The van der Waals surface area contributed by atoms with Crippen LogP contribution in [0.5, 0.6) is 0 Å². The second-order valence-corrected chi connectivity index (χ2v) is 13.8. The molecule has 1 aliphatic rings. The molecule has 0 aliphatic carbocycles. The Kier molecular flexibility index (Phi) is 8.83. The molecule has 0 bridgehead atoms. The number of rotatable bonds is 10. The van der Waals surface area contributed by atoms with Gasteiger partial charge in [0.1, 0.15) is 5.54 Å². The summed E-state index contributed by atoms with van der Waals surface area (Å²) in [5.74, 6) is 0.277. The fourth-order valence-electron chi connectivity index (χ4n) is 8.04. The highest BCUT2D eigenvalue weighted by Gasteiger charge is 2.53. The van der Waals surface area contributed by atoms with Crippen LogP contribution in [0.25, 0.3) is 22.5 Å². The van der Waals surface area contributed by atoms with Crippen molar-refractivity contribution in [3.8, 4) is 22.5 Å². The van der Waals surface area contributed by atoms with Gasteiger partial charge in [0.2, 0.25) is 0 Å². The van der Waals surface area contributed by atoms with Gasteiger partial charge in [-0.05, 0) is 54.9 Å². The van der Waals surface area contributed by atoms with E-state index in [0.29, 0.717) is 17.0 Å². The van der Waals surface area contributed by atoms with E-state index < -0.39 is 17.1 Å². The molecule has 56 heavy (non-hydrogen) atoms. The average molecular weight is 729 g/mol. The Morgan fingerprint density at radius 2 is 0.964 bits per heavy atom. The van der Waals surface area contributed by atoms with Crippen LogP contribution in [-0.4, -0.2) is 37.0 Å². The summed E-state index contributed by atoms with van der Waals surface area (Å²) in [5.41, 5.74) is 5.74. The van der Waals surface area contributed by atoms with Crippen LogP contribution in [0.1, 0.15) is 33.4 Å². The molecule has 8 aromatic rings. The molecule has 2 heterocycles. The Balaban J connectivity index is 1.09. The van der Waals surface area contributed by atoms with Crippen molar-refractivity contribution in [3.05, 3.63) is 234 Å². The Morgan fingerprint density at radius 3 is 1.46 bits per heavy atom. The van der Waals surface area contributed by atoms with Gasteiger partial charge in [0.25, 0.3) is 5.91 Å². The number of benzene rings is 7. The summed E-state index contributed by atoms with van der Waals surface area (Å²) in [6.07, 6.45) is 0. The van der Waals surface area contributed by atoms with Gasteiger partial charge in [-0.1, -0.05) is 200 Å². The van der Waals surface area contributed by atoms with Crippen molar-refractivity contribution in [1.29, 1.82) is 0 Å². The molecule has 1 aromatic heterocycles. The number of nitrogens with zero attached hydrogens (tertiary/aromatic N) is 5. The van der Waals surface area contributed by atoms with Gasteiger partial charge in [-0.3, -0.25) is 9.69 Å². The maximum atomic E-state index is 14.3. The molecule has 7 aromatic carbocycles. The summed E-state index contributed by atoms with van der Waals surface area (Å²) < 4.78 is 1.93. The SMILES string of the molecule is O=C1NC(c2ccccc2)(c2ccccc2)C(=O)N1Cc1ccc(-c2ccccc2-c2nnnn2C(c2ccccc2)(c2ccccc2)c2ccccc2)cc1. The van der Waals surface area contributed by atoms with Gasteiger partial charge in [0, 0.05) is 5.56 Å². The predicted molar refractivity (Wildman–Crippen MR) is 216 cm³/mol. The highest BCUT2D eigenvalue weighted by molar-refractivity contribution is 6.09. The minimum atomic E-state index is -1.32.